The van der Waals surface area contributed by atoms with E-state index in [1.54, 1.807) is 24.3 Å². The molecule has 59 heavy (non-hydrogen) atoms. The van der Waals surface area contributed by atoms with Crippen molar-refractivity contribution >= 4 is 22.9 Å². The van der Waals surface area contributed by atoms with E-state index in [1.807, 2.05) is 24.5 Å². The van der Waals surface area contributed by atoms with Gasteiger partial charge in [0, 0.05) is 131 Å². The maximum Gasteiger partial charge on any atom is 0.573 e. The molecule has 0 unspecified atom stereocenters. The topological polar surface area (TPSA) is 75.4 Å². The molecule has 318 valence electrons. The number of nitrogens with zero attached hydrogens (tertiary/aromatic N) is 6. The van der Waals surface area contributed by atoms with Gasteiger partial charge in [0.15, 0.2) is 11.6 Å². The fraction of sp³-hybridized carbons (Fsp3) is 0.488. The molecule has 2 aromatic heterocycles. The number of piperazine rings is 2. The molecule has 4 aliphatic rings. The smallest absolute Gasteiger partial charge is 0.406 e. The highest BCUT2D eigenvalue weighted by Crippen LogP contribution is 2.28. The third-order valence-electron chi connectivity index (χ3n) is 11.5. The van der Waals surface area contributed by atoms with Crippen molar-refractivity contribution in [2.24, 2.45) is 0 Å². The van der Waals surface area contributed by atoms with E-state index in [9.17, 15) is 35.9 Å². The van der Waals surface area contributed by atoms with Crippen LogP contribution in [0.3, 0.4) is 0 Å². The molecular weight excluding hydrogens is 778 g/mol. The number of hydrogen-bond donors (Lipinski definition) is 0. The summed E-state index contributed by atoms with van der Waals surface area (Å²) in [6.07, 6.45) is 0.910. The Morgan fingerprint density at radius 2 is 0.881 bits per heavy atom. The van der Waals surface area contributed by atoms with Gasteiger partial charge in [0.25, 0.3) is 0 Å². The largest absolute Gasteiger partial charge is 0.573 e. The van der Waals surface area contributed by atoms with Gasteiger partial charge in [-0.25, -0.2) is 0 Å². The van der Waals surface area contributed by atoms with Crippen LogP contribution in [0, 0.1) is 0 Å². The molecule has 4 aromatic rings. The van der Waals surface area contributed by atoms with Gasteiger partial charge in [-0.3, -0.25) is 19.4 Å². The molecule has 0 radical (unpaired) electrons. The van der Waals surface area contributed by atoms with Gasteiger partial charge in [-0.15, -0.1) is 26.3 Å². The lowest BCUT2D eigenvalue weighted by Crippen LogP contribution is -2.47. The first-order valence-electron chi connectivity index (χ1n) is 20.4. The van der Waals surface area contributed by atoms with E-state index in [2.05, 4.69) is 38.2 Å². The third kappa shape index (κ3) is 11.4. The number of rotatable bonds is 11. The van der Waals surface area contributed by atoms with Crippen LogP contribution >= 0.6 is 0 Å². The summed E-state index contributed by atoms with van der Waals surface area (Å²) in [7, 11) is 0. The molecule has 2 fully saturated rings. The molecule has 8 rings (SSSR count). The summed E-state index contributed by atoms with van der Waals surface area (Å²) >= 11 is 0. The van der Waals surface area contributed by atoms with E-state index >= 15 is 0 Å². The van der Waals surface area contributed by atoms with Crippen LogP contribution in [0.5, 0.6) is 11.5 Å². The number of aryl methyl sites for hydroxylation is 1. The predicted octanol–water partition coefficient (Wildman–Crippen LogP) is 7.85. The molecule has 2 aromatic carbocycles. The molecule has 2 saturated heterocycles. The second-order valence-corrected chi connectivity index (χ2v) is 15.4. The summed E-state index contributed by atoms with van der Waals surface area (Å²) in [5.74, 6) is 0.126. The lowest BCUT2D eigenvalue weighted by atomic mass is 9.97. The van der Waals surface area contributed by atoms with E-state index in [1.165, 1.54) is 35.7 Å². The summed E-state index contributed by atoms with van der Waals surface area (Å²) in [6, 6.07) is 16.0. The first-order valence-corrected chi connectivity index (χ1v) is 20.4. The molecule has 16 heteroatoms. The fourth-order valence-electron chi connectivity index (χ4n) is 8.49. The van der Waals surface area contributed by atoms with Crippen molar-refractivity contribution in [1.29, 1.82) is 0 Å². The Bertz CT molecular complexity index is 2010. The number of fused-ring (bicyclic) bond motifs is 2. The number of ketones is 2. The van der Waals surface area contributed by atoms with Gasteiger partial charge in [-0.2, -0.15) is 0 Å². The van der Waals surface area contributed by atoms with E-state index in [-0.39, 0.29) is 23.1 Å². The SMILES string of the molecule is O=C1CCCc2c1ccn2CCCN1CCN(c2ccc(OC(F)(F)F)cc2)CC1.O=C1CCCc2c1ccn2CCN1CCN(c2ccc(OC(F)(F)F)cc2)CC1. The predicted molar refractivity (Wildman–Crippen MR) is 212 cm³/mol. The van der Waals surface area contributed by atoms with E-state index in [4.69, 9.17) is 0 Å². The first-order chi connectivity index (χ1) is 28.3. The summed E-state index contributed by atoms with van der Waals surface area (Å²) < 4.78 is 85.9. The summed E-state index contributed by atoms with van der Waals surface area (Å²) in [6.45, 7) is 10.6. The second-order valence-electron chi connectivity index (χ2n) is 15.4. The number of hydrogen-bond acceptors (Lipinski definition) is 8. The standard InChI is InChI=1S/C22H26F3N3O2.C21H24F3N3O2/c23-22(24,25)30-18-7-5-17(6-8-18)27-15-13-26(14-16-27)10-2-11-28-12-9-19-20(28)3-1-4-21(19)29;22-21(23,24)29-17-6-4-16(5-7-17)26-13-10-25(11-14-26)12-15-27-9-8-18-19(27)2-1-3-20(18)28/h5-9,12H,1-4,10-11,13-16H2;4-9H,1-3,10-15H2. The normalized spacial score (nSPS) is 17.9. The molecule has 2 aliphatic carbocycles. The number of carbonyl (C=O) groups is 2. The molecule has 2 aliphatic heterocycles. The highest BCUT2D eigenvalue weighted by Gasteiger charge is 2.32. The number of benzene rings is 2. The molecule has 0 saturated carbocycles. The van der Waals surface area contributed by atoms with E-state index in [0.717, 1.165) is 133 Å². The van der Waals surface area contributed by atoms with Gasteiger partial charge < -0.3 is 28.4 Å². The van der Waals surface area contributed by atoms with Crippen molar-refractivity contribution in [3.8, 4) is 11.5 Å². The summed E-state index contributed by atoms with van der Waals surface area (Å²) in [5.41, 5.74) is 5.96. The monoisotopic (exact) mass is 828 g/mol. The van der Waals surface area contributed by atoms with Gasteiger partial charge >= 0.3 is 12.7 Å². The quantitative estimate of drug-likeness (QED) is 0.142. The van der Waals surface area contributed by atoms with Crippen LogP contribution in [-0.4, -0.2) is 109 Å². The number of anilines is 2. The van der Waals surface area contributed by atoms with Gasteiger partial charge in [-0.05, 0) is 99.3 Å². The molecule has 10 nitrogen and oxygen atoms in total. The molecule has 0 amide bonds. The Kier molecular flexibility index (Phi) is 13.2. The highest BCUT2D eigenvalue weighted by atomic mass is 19.4. The van der Waals surface area contributed by atoms with E-state index < -0.39 is 12.7 Å². The maximum absolute atomic E-state index is 12.3. The number of aromatic nitrogens is 2. The Hall–Kier alpha value is -4.96. The van der Waals surface area contributed by atoms with Gasteiger partial charge in [-0.1, -0.05) is 0 Å². The Labute approximate surface area is 339 Å². The highest BCUT2D eigenvalue weighted by molar-refractivity contribution is 5.98. The van der Waals surface area contributed by atoms with Crippen LogP contribution in [0.2, 0.25) is 0 Å². The van der Waals surface area contributed by atoms with Crippen molar-refractivity contribution in [1.82, 2.24) is 18.9 Å². The second kappa shape index (κ2) is 18.5. The maximum atomic E-state index is 12.3. The number of ether oxygens (including phenoxy) is 2. The van der Waals surface area contributed by atoms with Gasteiger partial charge in [0.05, 0.1) is 0 Å². The van der Waals surface area contributed by atoms with Crippen LogP contribution in [0.25, 0.3) is 0 Å². The average Bonchev–Trinajstić information content (AvgIpc) is 3.83. The zero-order valence-corrected chi connectivity index (χ0v) is 32.9. The van der Waals surface area contributed by atoms with Gasteiger partial charge in [0.1, 0.15) is 11.5 Å². The summed E-state index contributed by atoms with van der Waals surface area (Å²) in [5, 5.41) is 0. The minimum Gasteiger partial charge on any atom is -0.406 e. The van der Waals surface area contributed by atoms with E-state index in [0.29, 0.717) is 12.8 Å². The van der Waals surface area contributed by atoms with Crippen molar-refractivity contribution in [3.05, 3.63) is 95.6 Å². The number of Topliss-reactive ketones (excluding diaryl/α,β-unsaturated/α-hetero) is 2. The van der Waals surface area contributed by atoms with Crippen LogP contribution in [0.15, 0.2) is 73.1 Å². The van der Waals surface area contributed by atoms with Crippen molar-refractivity contribution in [2.45, 2.75) is 70.8 Å². The van der Waals surface area contributed by atoms with Crippen LogP contribution in [0.4, 0.5) is 37.7 Å². The molecule has 0 N–H and O–H groups in total. The summed E-state index contributed by atoms with van der Waals surface area (Å²) in [4.78, 5) is 33.1. The zero-order chi connectivity index (χ0) is 41.6. The molecular formula is C43H50F6N6O4. The third-order valence-corrected chi connectivity index (χ3v) is 11.5. The van der Waals surface area contributed by atoms with Crippen LogP contribution in [-0.2, 0) is 25.9 Å². The average molecular weight is 829 g/mol. The van der Waals surface area contributed by atoms with Crippen molar-refractivity contribution in [2.75, 3.05) is 75.2 Å². The number of carbonyl (C=O) groups excluding carboxylic acids is 2. The Balaban J connectivity index is 0.000000179. The fourth-order valence-corrected chi connectivity index (χ4v) is 8.49. The Morgan fingerprint density at radius 1 is 0.475 bits per heavy atom. The first kappa shape index (κ1) is 42.2. The minimum atomic E-state index is -4.67. The molecule has 4 heterocycles. The van der Waals surface area contributed by atoms with Crippen molar-refractivity contribution < 1.29 is 45.4 Å². The lowest BCUT2D eigenvalue weighted by molar-refractivity contribution is -0.275. The molecule has 0 atom stereocenters. The molecule has 0 spiro atoms. The zero-order valence-electron chi connectivity index (χ0n) is 32.9. The molecule has 0 bridgehead atoms. The Morgan fingerprint density at radius 3 is 1.31 bits per heavy atom. The number of alkyl halides is 6. The van der Waals surface area contributed by atoms with Gasteiger partial charge in [0.2, 0.25) is 0 Å². The van der Waals surface area contributed by atoms with Crippen LogP contribution < -0.4 is 19.3 Å². The minimum absolute atomic E-state index is 0.196. The number of halogens is 6. The van der Waals surface area contributed by atoms with Crippen LogP contribution in [0.1, 0.15) is 64.2 Å². The lowest BCUT2D eigenvalue weighted by Gasteiger charge is -2.36. The van der Waals surface area contributed by atoms with Crippen molar-refractivity contribution in [3.63, 3.8) is 0 Å².